The lowest BCUT2D eigenvalue weighted by Crippen LogP contribution is -2.35. The number of methoxy groups -OCH3 is 1. The molecule has 1 unspecified atom stereocenters. The fraction of sp³-hybridized carbons (Fsp3) is 0.538. The van der Waals surface area contributed by atoms with E-state index in [2.05, 4.69) is 4.98 Å². The largest absolute Gasteiger partial charge is 0.480 e. The Labute approximate surface area is 106 Å². The number of aliphatic hydroxyl groups excluding tert-OH is 1. The predicted molar refractivity (Wildman–Crippen MR) is 66.5 cm³/mol. The zero-order valence-corrected chi connectivity index (χ0v) is 10.7. The predicted octanol–water partition coefficient (Wildman–Crippen LogP) is 0.933. The van der Waals surface area contributed by atoms with Gasteiger partial charge in [-0.25, -0.2) is 4.98 Å². The number of likely N-dealkylation sites (N-methyl/N-ethyl adjacent to an activating group) is 1. The Morgan fingerprint density at radius 1 is 1.67 bits per heavy atom. The summed E-state index contributed by atoms with van der Waals surface area (Å²) >= 11 is 0. The van der Waals surface area contributed by atoms with Crippen LogP contribution in [-0.2, 0) is 0 Å². The highest BCUT2D eigenvalue weighted by atomic mass is 16.5. The Balaban J connectivity index is 2.04. The number of nitrogens with zero attached hydrogens (tertiary/aromatic N) is 2. The van der Waals surface area contributed by atoms with Crippen LogP contribution in [0.1, 0.15) is 23.2 Å². The molecule has 1 fully saturated rings. The van der Waals surface area contributed by atoms with Gasteiger partial charge in [-0.2, -0.15) is 0 Å². The van der Waals surface area contributed by atoms with E-state index in [1.807, 2.05) is 0 Å². The van der Waals surface area contributed by atoms with Crippen molar-refractivity contribution < 1.29 is 14.6 Å². The van der Waals surface area contributed by atoms with E-state index >= 15 is 0 Å². The molecule has 0 spiro atoms. The van der Waals surface area contributed by atoms with Crippen LogP contribution in [0.4, 0.5) is 0 Å². The number of pyridine rings is 1. The molecule has 5 heteroatoms. The molecule has 0 radical (unpaired) electrons. The summed E-state index contributed by atoms with van der Waals surface area (Å²) in [6.45, 7) is 0.349. The maximum absolute atomic E-state index is 12.2. The number of rotatable bonds is 5. The molecule has 5 nitrogen and oxygen atoms in total. The second-order valence-electron chi connectivity index (χ2n) is 4.65. The minimum atomic E-state index is -0.429. The van der Waals surface area contributed by atoms with Crippen molar-refractivity contribution in [2.24, 2.45) is 5.92 Å². The van der Waals surface area contributed by atoms with Crippen LogP contribution in [0.15, 0.2) is 18.3 Å². The monoisotopic (exact) mass is 250 g/mol. The number of carbonyl (C=O) groups excluding carboxylic acids is 1. The van der Waals surface area contributed by atoms with Crippen molar-refractivity contribution in [1.29, 1.82) is 0 Å². The number of ether oxygens (including phenoxy) is 1. The van der Waals surface area contributed by atoms with Gasteiger partial charge >= 0.3 is 0 Å². The molecule has 1 aromatic heterocycles. The lowest BCUT2D eigenvalue weighted by atomic mass is 10.2. The molecule has 1 heterocycles. The topological polar surface area (TPSA) is 62.7 Å². The van der Waals surface area contributed by atoms with Crippen molar-refractivity contribution in [3.05, 3.63) is 23.9 Å². The average Bonchev–Trinajstić information content (AvgIpc) is 3.22. The standard InChI is InChI=1S/C13H18N2O3/c1-15(8-11(16)9-5-6-9)13(17)10-4-3-7-14-12(10)18-2/h3-4,7,9,11,16H,5-6,8H2,1-2H3. The van der Waals surface area contributed by atoms with Crippen LogP contribution in [-0.4, -0.2) is 47.7 Å². The molecular weight excluding hydrogens is 232 g/mol. The summed E-state index contributed by atoms with van der Waals surface area (Å²) in [7, 11) is 3.17. The van der Waals surface area contributed by atoms with Gasteiger partial charge in [0.15, 0.2) is 0 Å². The Bertz CT molecular complexity index is 432. The molecule has 1 N–H and O–H groups in total. The minimum absolute atomic E-state index is 0.181. The lowest BCUT2D eigenvalue weighted by Gasteiger charge is -2.21. The molecule has 0 bridgehead atoms. The Hall–Kier alpha value is -1.62. The first-order valence-corrected chi connectivity index (χ1v) is 6.06. The summed E-state index contributed by atoms with van der Waals surface area (Å²) in [4.78, 5) is 17.7. The van der Waals surface area contributed by atoms with E-state index in [1.165, 1.54) is 12.0 Å². The highest BCUT2D eigenvalue weighted by molar-refractivity contribution is 5.96. The molecule has 0 aliphatic heterocycles. The molecule has 1 aliphatic carbocycles. The quantitative estimate of drug-likeness (QED) is 0.844. The summed E-state index contributed by atoms with van der Waals surface area (Å²) in [5.41, 5.74) is 0.422. The van der Waals surface area contributed by atoms with E-state index in [0.717, 1.165) is 12.8 Å². The molecule has 1 amide bonds. The fourth-order valence-electron chi connectivity index (χ4n) is 1.92. The molecule has 0 saturated heterocycles. The van der Waals surface area contributed by atoms with Gasteiger partial charge in [0.2, 0.25) is 5.88 Å². The number of aliphatic hydroxyl groups is 1. The van der Waals surface area contributed by atoms with Crippen LogP contribution >= 0.6 is 0 Å². The van der Waals surface area contributed by atoms with Crippen LogP contribution in [0.5, 0.6) is 5.88 Å². The van der Waals surface area contributed by atoms with Gasteiger partial charge in [0.1, 0.15) is 5.56 Å². The van der Waals surface area contributed by atoms with Gasteiger partial charge in [-0.1, -0.05) is 0 Å². The fourth-order valence-corrected chi connectivity index (χ4v) is 1.92. The van der Waals surface area contributed by atoms with Crippen LogP contribution < -0.4 is 4.74 Å². The normalized spacial score (nSPS) is 16.2. The van der Waals surface area contributed by atoms with E-state index in [1.54, 1.807) is 25.4 Å². The zero-order chi connectivity index (χ0) is 13.1. The number of hydrogen-bond donors (Lipinski definition) is 1. The average molecular weight is 250 g/mol. The first-order chi connectivity index (χ1) is 8.63. The van der Waals surface area contributed by atoms with E-state index in [4.69, 9.17) is 4.74 Å². The molecule has 98 valence electrons. The third kappa shape index (κ3) is 2.79. The second kappa shape index (κ2) is 5.35. The van der Waals surface area contributed by atoms with Crippen LogP contribution in [0.3, 0.4) is 0 Å². The van der Waals surface area contributed by atoms with Crippen LogP contribution in [0.2, 0.25) is 0 Å². The van der Waals surface area contributed by atoms with E-state index < -0.39 is 6.10 Å². The van der Waals surface area contributed by atoms with Gasteiger partial charge in [0.05, 0.1) is 13.2 Å². The molecular formula is C13H18N2O3. The molecule has 1 aromatic rings. The number of amides is 1. The minimum Gasteiger partial charge on any atom is -0.480 e. The highest BCUT2D eigenvalue weighted by Crippen LogP contribution is 2.32. The van der Waals surface area contributed by atoms with Gasteiger partial charge in [0, 0.05) is 19.8 Å². The highest BCUT2D eigenvalue weighted by Gasteiger charge is 2.31. The molecule has 2 rings (SSSR count). The summed E-state index contributed by atoms with van der Waals surface area (Å²) in [6.07, 6.45) is 3.26. The second-order valence-corrected chi connectivity index (χ2v) is 4.65. The summed E-state index contributed by atoms with van der Waals surface area (Å²) in [6, 6.07) is 3.37. The maximum atomic E-state index is 12.2. The van der Waals surface area contributed by atoms with Crippen molar-refractivity contribution in [3.8, 4) is 5.88 Å². The Kier molecular flexibility index (Phi) is 3.81. The molecule has 0 aromatic carbocycles. The zero-order valence-electron chi connectivity index (χ0n) is 10.7. The van der Waals surface area contributed by atoms with Crippen molar-refractivity contribution in [2.75, 3.05) is 20.7 Å². The molecule has 1 saturated carbocycles. The maximum Gasteiger partial charge on any atom is 0.259 e. The third-order valence-electron chi connectivity index (χ3n) is 3.17. The smallest absolute Gasteiger partial charge is 0.259 e. The number of aromatic nitrogens is 1. The van der Waals surface area contributed by atoms with Gasteiger partial charge in [-0.05, 0) is 30.9 Å². The van der Waals surface area contributed by atoms with E-state index in [-0.39, 0.29) is 5.91 Å². The van der Waals surface area contributed by atoms with Crippen molar-refractivity contribution >= 4 is 5.91 Å². The summed E-state index contributed by atoms with van der Waals surface area (Å²) in [5.74, 6) is 0.492. The number of hydrogen-bond acceptors (Lipinski definition) is 4. The van der Waals surface area contributed by atoms with Crippen molar-refractivity contribution in [2.45, 2.75) is 18.9 Å². The first-order valence-electron chi connectivity index (χ1n) is 6.06. The van der Waals surface area contributed by atoms with Gasteiger partial charge in [0.25, 0.3) is 5.91 Å². The summed E-state index contributed by atoms with van der Waals surface area (Å²) < 4.78 is 5.06. The Morgan fingerprint density at radius 3 is 3.00 bits per heavy atom. The SMILES string of the molecule is COc1ncccc1C(=O)N(C)CC(O)C1CC1. The molecule has 1 aliphatic rings. The van der Waals surface area contributed by atoms with E-state index in [0.29, 0.717) is 23.9 Å². The molecule has 18 heavy (non-hydrogen) atoms. The Morgan fingerprint density at radius 2 is 2.39 bits per heavy atom. The lowest BCUT2D eigenvalue weighted by molar-refractivity contribution is 0.0641. The van der Waals surface area contributed by atoms with Crippen molar-refractivity contribution in [3.63, 3.8) is 0 Å². The summed E-state index contributed by atoms with van der Waals surface area (Å²) in [5, 5.41) is 9.84. The van der Waals surface area contributed by atoms with E-state index in [9.17, 15) is 9.90 Å². The first kappa shape index (κ1) is 12.8. The van der Waals surface area contributed by atoms with Crippen molar-refractivity contribution in [1.82, 2.24) is 9.88 Å². The van der Waals surface area contributed by atoms with Crippen LogP contribution in [0, 0.1) is 5.92 Å². The molecule has 1 atom stereocenters. The van der Waals surface area contributed by atoms with Gasteiger partial charge < -0.3 is 14.7 Å². The third-order valence-corrected chi connectivity index (χ3v) is 3.17. The number of carbonyl (C=O) groups is 1. The van der Waals surface area contributed by atoms with Gasteiger partial charge in [-0.3, -0.25) is 4.79 Å². The van der Waals surface area contributed by atoms with Gasteiger partial charge in [-0.15, -0.1) is 0 Å². The van der Waals surface area contributed by atoms with Crippen LogP contribution in [0.25, 0.3) is 0 Å².